The molecule has 0 fully saturated rings. The third-order valence-electron chi connectivity index (χ3n) is 3.06. The Labute approximate surface area is 143 Å². The molecule has 0 saturated heterocycles. The Kier molecular flexibility index (Phi) is 8.26. The highest BCUT2D eigenvalue weighted by molar-refractivity contribution is 5.73. The van der Waals surface area contributed by atoms with Crippen LogP contribution in [0.4, 0.5) is 5.95 Å². The molecule has 0 amide bonds. The van der Waals surface area contributed by atoms with Crippen molar-refractivity contribution in [1.29, 1.82) is 0 Å². The van der Waals surface area contributed by atoms with E-state index < -0.39 is 24.2 Å². The molecule has 0 aliphatic heterocycles. The second-order valence-corrected chi connectivity index (χ2v) is 4.97. The number of anilines is 1. The van der Waals surface area contributed by atoms with Crippen molar-refractivity contribution in [3.63, 3.8) is 0 Å². The SMILES string of the molecule is COC(N)C(=O)O.NC(CCCNc1nc2ncccc2[nH]1)C(=O)O. The number of nitrogens with zero attached hydrogens (tertiary/aromatic N) is 2. The van der Waals surface area contributed by atoms with E-state index in [4.69, 9.17) is 21.7 Å². The molecule has 138 valence electrons. The summed E-state index contributed by atoms with van der Waals surface area (Å²) in [7, 11) is 1.23. The maximum Gasteiger partial charge on any atom is 0.347 e. The van der Waals surface area contributed by atoms with E-state index in [2.05, 4.69) is 25.0 Å². The monoisotopic (exact) mass is 354 g/mol. The van der Waals surface area contributed by atoms with Crippen LogP contribution >= 0.6 is 0 Å². The molecule has 2 atom stereocenters. The molecule has 0 aromatic carbocycles. The zero-order valence-corrected chi connectivity index (χ0v) is 13.7. The van der Waals surface area contributed by atoms with Gasteiger partial charge in [0.25, 0.3) is 0 Å². The largest absolute Gasteiger partial charge is 0.480 e. The van der Waals surface area contributed by atoms with Crippen LogP contribution in [0.1, 0.15) is 12.8 Å². The lowest BCUT2D eigenvalue weighted by Crippen LogP contribution is -2.31. The van der Waals surface area contributed by atoms with Crippen LogP contribution in [0.25, 0.3) is 11.2 Å². The van der Waals surface area contributed by atoms with Gasteiger partial charge in [-0.15, -0.1) is 0 Å². The van der Waals surface area contributed by atoms with E-state index >= 15 is 0 Å². The Hall–Kier alpha value is -2.76. The number of H-pyrrole nitrogens is 1. The van der Waals surface area contributed by atoms with Gasteiger partial charge in [0.1, 0.15) is 6.04 Å². The Morgan fingerprint density at radius 2 is 2.08 bits per heavy atom. The van der Waals surface area contributed by atoms with Gasteiger partial charge in [-0.1, -0.05) is 0 Å². The fourth-order valence-corrected chi connectivity index (χ4v) is 1.68. The standard InChI is InChI=1S/C11H15N5O2.C3H7NO3/c12-7(10(17)18)3-1-6-14-11-15-8-4-2-5-13-9(8)16-11;1-7-2(4)3(5)6/h2,4-5,7H,1,3,6,12H2,(H,17,18)(H2,13,14,15,16);2H,4H2,1H3,(H,5,6). The molecule has 8 N–H and O–H groups in total. The summed E-state index contributed by atoms with van der Waals surface area (Å²) in [6, 6.07) is 2.92. The normalized spacial score (nSPS) is 12.8. The summed E-state index contributed by atoms with van der Waals surface area (Å²) in [6.07, 6.45) is 1.59. The van der Waals surface area contributed by atoms with Crippen molar-refractivity contribution in [2.24, 2.45) is 11.5 Å². The first-order valence-electron chi connectivity index (χ1n) is 7.39. The van der Waals surface area contributed by atoms with Gasteiger partial charge in [0.05, 0.1) is 5.52 Å². The fraction of sp³-hybridized carbons (Fsp3) is 0.429. The molecule has 0 spiro atoms. The quantitative estimate of drug-likeness (QED) is 0.268. The van der Waals surface area contributed by atoms with Gasteiger partial charge in [0.15, 0.2) is 5.65 Å². The molecule has 0 aliphatic rings. The highest BCUT2D eigenvalue weighted by Gasteiger charge is 2.10. The van der Waals surface area contributed by atoms with Gasteiger partial charge in [0, 0.05) is 19.9 Å². The summed E-state index contributed by atoms with van der Waals surface area (Å²) in [4.78, 5) is 31.6. The van der Waals surface area contributed by atoms with E-state index in [9.17, 15) is 9.59 Å². The number of carboxylic acid groups (broad SMARTS) is 2. The van der Waals surface area contributed by atoms with Crippen LogP contribution in [0, 0.1) is 0 Å². The molecule has 0 saturated carbocycles. The highest BCUT2D eigenvalue weighted by Crippen LogP contribution is 2.10. The predicted molar refractivity (Wildman–Crippen MR) is 89.8 cm³/mol. The summed E-state index contributed by atoms with van der Waals surface area (Å²) < 4.78 is 4.19. The summed E-state index contributed by atoms with van der Waals surface area (Å²) in [5.74, 6) is -1.49. The maximum absolute atomic E-state index is 10.5. The molecule has 2 rings (SSSR count). The lowest BCUT2D eigenvalue weighted by molar-refractivity contribution is -0.148. The van der Waals surface area contributed by atoms with Crippen molar-refractivity contribution < 1.29 is 24.5 Å². The third kappa shape index (κ3) is 7.12. The average Bonchev–Trinajstić information content (AvgIpc) is 3.00. The highest BCUT2D eigenvalue weighted by atomic mass is 16.5. The second kappa shape index (κ2) is 10.2. The van der Waals surface area contributed by atoms with Crippen LogP contribution in [0.15, 0.2) is 18.3 Å². The van der Waals surface area contributed by atoms with E-state index in [-0.39, 0.29) is 0 Å². The first-order valence-corrected chi connectivity index (χ1v) is 7.39. The molecule has 2 unspecified atom stereocenters. The first kappa shape index (κ1) is 20.3. The van der Waals surface area contributed by atoms with E-state index in [0.29, 0.717) is 31.0 Å². The lowest BCUT2D eigenvalue weighted by atomic mass is 10.2. The Bertz CT molecular complexity index is 658. The average molecular weight is 354 g/mol. The molecule has 2 aromatic rings. The number of ether oxygens (including phenoxy) is 1. The molecule has 2 heterocycles. The van der Waals surface area contributed by atoms with Crippen LogP contribution < -0.4 is 16.8 Å². The molecule has 11 heteroatoms. The zero-order valence-electron chi connectivity index (χ0n) is 13.7. The molecular weight excluding hydrogens is 332 g/mol. The number of aliphatic carboxylic acids is 2. The number of methoxy groups -OCH3 is 1. The van der Waals surface area contributed by atoms with E-state index in [0.717, 1.165) is 5.52 Å². The van der Waals surface area contributed by atoms with E-state index in [1.54, 1.807) is 6.20 Å². The lowest BCUT2D eigenvalue weighted by Gasteiger charge is -2.06. The van der Waals surface area contributed by atoms with Gasteiger partial charge >= 0.3 is 11.9 Å². The van der Waals surface area contributed by atoms with Crippen LogP contribution in [0.5, 0.6) is 0 Å². The number of rotatable bonds is 8. The Morgan fingerprint density at radius 3 is 2.60 bits per heavy atom. The van der Waals surface area contributed by atoms with Gasteiger partial charge in [-0.25, -0.2) is 9.78 Å². The maximum atomic E-state index is 10.5. The number of pyridine rings is 1. The third-order valence-corrected chi connectivity index (χ3v) is 3.06. The Morgan fingerprint density at radius 1 is 1.36 bits per heavy atom. The van der Waals surface area contributed by atoms with Crippen molar-refractivity contribution in [3.05, 3.63) is 18.3 Å². The number of nitrogens with two attached hydrogens (primary N) is 2. The van der Waals surface area contributed by atoms with Crippen molar-refractivity contribution in [1.82, 2.24) is 15.0 Å². The molecule has 11 nitrogen and oxygen atoms in total. The van der Waals surface area contributed by atoms with Crippen LogP contribution in [0.2, 0.25) is 0 Å². The van der Waals surface area contributed by atoms with Crippen LogP contribution in [-0.2, 0) is 14.3 Å². The number of nitrogens with one attached hydrogen (secondary N) is 2. The number of aromatic nitrogens is 3. The minimum absolute atomic E-state index is 0.431. The van der Waals surface area contributed by atoms with Gasteiger partial charge in [-0.05, 0) is 25.0 Å². The number of carboxylic acids is 2. The molecule has 0 bridgehead atoms. The summed E-state index contributed by atoms with van der Waals surface area (Å²) >= 11 is 0. The topological polar surface area (TPSA) is 189 Å². The number of hydrogen-bond donors (Lipinski definition) is 6. The minimum Gasteiger partial charge on any atom is -0.480 e. The van der Waals surface area contributed by atoms with Gasteiger partial charge in [-0.2, -0.15) is 4.98 Å². The summed E-state index contributed by atoms with van der Waals surface area (Å²) in [5.41, 5.74) is 11.7. The summed E-state index contributed by atoms with van der Waals surface area (Å²) in [5, 5.41) is 19.6. The number of carbonyl (C=O) groups is 2. The van der Waals surface area contributed by atoms with Crippen molar-refractivity contribution >= 4 is 29.1 Å². The molecule has 25 heavy (non-hydrogen) atoms. The second-order valence-electron chi connectivity index (χ2n) is 4.97. The smallest absolute Gasteiger partial charge is 0.347 e. The molecule has 0 aliphatic carbocycles. The van der Waals surface area contributed by atoms with E-state index in [1.807, 2.05) is 12.1 Å². The molecule has 2 aromatic heterocycles. The van der Waals surface area contributed by atoms with Crippen LogP contribution in [-0.4, -0.2) is 63.0 Å². The van der Waals surface area contributed by atoms with Gasteiger partial charge in [0.2, 0.25) is 12.2 Å². The minimum atomic E-state index is -1.18. The van der Waals surface area contributed by atoms with Crippen molar-refractivity contribution in [2.75, 3.05) is 19.0 Å². The van der Waals surface area contributed by atoms with Gasteiger partial charge in [-0.3, -0.25) is 10.5 Å². The van der Waals surface area contributed by atoms with E-state index in [1.165, 1.54) is 7.11 Å². The summed E-state index contributed by atoms with van der Waals surface area (Å²) in [6.45, 7) is 0.612. The number of aromatic amines is 1. The molecular formula is C14H22N6O5. The van der Waals surface area contributed by atoms with Crippen molar-refractivity contribution in [2.45, 2.75) is 25.1 Å². The first-order chi connectivity index (χ1) is 11.8. The number of fused-ring (bicyclic) bond motifs is 1. The number of imidazole rings is 1. The Balaban J connectivity index is 0.000000381. The van der Waals surface area contributed by atoms with Gasteiger partial charge < -0.3 is 31.0 Å². The number of hydrogen-bond acceptors (Lipinski definition) is 8. The van der Waals surface area contributed by atoms with Crippen molar-refractivity contribution in [3.8, 4) is 0 Å². The fourth-order valence-electron chi connectivity index (χ4n) is 1.68. The zero-order chi connectivity index (χ0) is 18.8. The predicted octanol–water partition coefficient (Wildman–Crippen LogP) is -0.436. The molecule has 0 radical (unpaired) electrons. The van der Waals surface area contributed by atoms with Crippen LogP contribution in [0.3, 0.4) is 0 Å².